The smallest absolute Gasteiger partial charge is 0.137 e. The van der Waals surface area contributed by atoms with Crippen molar-refractivity contribution in [3.05, 3.63) is 52.9 Å². The van der Waals surface area contributed by atoms with Crippen LogP contribution in [0.4, 0.5) is 5.82 Å². The molecule has 3 rings (SSSR count). The summed E-state index contributed by atoms with van der Waals surface area (Å²) in [6, 6.07) is 10.9. The fourth-order valence-corrected chi connectivity index (χ4v) is 2.97. The van der Waals surface area contributed by atoms with Gasteiger partial charge in [-0.3, -0.25) is 0 Å². The molecule has 0 aliphatic carbocycles. The van der Waals surface area contributed by atoms with E-state index < -0.39 is 0 Å². The predicted octanol–water partition coefficient (Wildman–Crippen LogP) is 2.93. The second-order valence-electron chi connectivity index (χ2n) is 5.50. The van der Waals surface area contributed by atoms with E-state index >= 15 is 0 Å². The molecule has 5 heteroatoms. The normalized spacial score (nSPS) is 19.8. The van der Waals surface area contributed by atoms with Crippen molar-refractivity contribution < 1.29 is 0 Å². The average molecular weight is 303 g/mol. The summed E-state index contributed by atoms with van der Waals surface area (Å²) in [4.78, 5) is 13.2. The first kappa shape index (κ1) is 14.3. The molecule has 2 heterocycles. The standard InChI is InChI=1S/C16H19ClN4/c1-12-15(17)18-11-19-16(12)21-9-8-20(2)10-14(21)13-6-4-3-5-7-13/h3-7,11,14H,8-10H2,1-2H3. The first-order chi connectivity index (χ1) is 10.2. The Morgan fingerprint density at radius 1 is 1.14 bits per heavy atom. The number of rotatable bonds is 2. The zero-order valence-electron chi connectivity index (χ0n) is 12.3. The zero-order valence-corrected chi connectivity index (χ0v) is 13.1. The summed E-state index contributed by atoms with van der Waals surface area (Å²) in [6.45, 7) is 4.91. The van der Waals surface area contributed by atoms with Crippen molar-refractivity contribution in [2.24, 2.45) is 0 Å². The largest absolute Gasteiger partial charge is 0.347 e. The highest BCUT2D eigenvalue weighted by molar-refractivity contribution is 6.30. The van der Waals surface area contributed by atoms with E-state index in [4.69, 9.17) is 11.6 Å². The molecule has 1 fully saturated rings. The number of aromatic nitrogens is 2. The van der Waals surface area contributed by atoms with Crippen molar-refractivity contribution in [2.45, 2.75) is 13.0 Å². The Morgan fingerprint density at radius 3 is 2.67 bits per heavy atom. The van der Waals surface area contributed by atoms with E-state index in [-0.39, 0.29) is 6.04 Å². The van der Waals surface area contributed by atoms with Gasteiger partial charge in [-0.05, 0) is 19.5 Å². The molecular weight excluding hydrogens is 284 g/mol. The third kappa shape index (κ3) is 2.87. The van der Waals surface area contributed by atoms with Crippen molar-refractivity contribution in [1.82, 2.24) is 14.9 Å². The first-order valence-electron chi connectivity index (χ1n) is 7.14. The number of benzene rings is 1. The molecule has 1 saturated heterocycles. The molecule has 1 aromatic heterocycles. The molecule has 1 unspecified atom stereocenters. The van der Waals surface area contributed by atoms with Gasteiger partial charge in [0, 0.05) is 25.2 Å². The second-order valence-corrected chi connectivity index (χ2v) is 5.85. The highest BCUT2D eigenvalue weighted by Crippen LogP contribution is 2.32. The fourth-order valence-electron chi connectivity index (χ4n) is 2.84. The van der Waals surface area contributed by atoms with Gasteiger partial charge in [-0.15, -0.1) is 0 Å². The molecule has 0 saturated carbocycles. The quantitative estimate of drug-likeness (QED) is 0.799. The molecular formula is C16H19ClN4. The van der Waals surface area contributed by atoms with E-state index in [2.05, 4.69) is 51.1 Å². The third-order valence-corrected chi connectivity index (χ3v) is 4.42. The highest BCUT2D eigenvalue weighted by atomic mass is 35.5. The molecule has 2 aromatic rings. The summed E-state index contributed by atoms with van der Waals surface area (Å²) >= 11 is 6.17. The van der Waals surface area contributed by atoms with Crippen LogP contribution in [0.1, 0.15) is 17.2 Å². The van der Waals surface area contributed by atoms with Gasteiger partial charge in [0.1, 0.15) is 17.3 Å². The van der Waals surface area contributed by atoms with E-state index in [0.29, 0.717) is 5.15 Å². The molecule has 4 nitrogen and oxygen atoms in total. The van der Waals surface area contributed by atoms with Crippen LogP contribution in [0.25, 0.3) is 0 Å². The molecule has 1 atom stereocenters. The van der Waals surface area contributed by atoms with Gasteiger partial charge >= 0.3 is 0 Å². The molecule has 0 radical (unpaired) electrons. The van der Waals surface area contributed by atoms with E-state index in [0.717, 1.165) is 31.0 Å². The van der Waals surface area contributed by atoms with Crippen molar-refractivity contribution in [1.29, 1.82) is 0 Å². The molecule has 110 valence electrons. The van der Waals surface area contributed by atoms with E-state index in [1.165, 1.54) is 5.56 Å². The summed E-state index contributed by atoms with van der Waals surface area (Å²) < 4.78 is 0. The Bertz CT molecular complexity index is 617. The number of nitrogens with zero attached hydrogens (tertiary/aromatic N) is 4. The Hall–Kier alpha value is -1.65. The maximum absolute atomic E-state index is 6.17. The van der Waals surface area contributed by atoms with Crippen molar-refractivity contribution >= 4 is 17.4 Å². The Morgan fingerprint density at radius 2 is 1.90 bits per heavy atom. The van der Waals surface area contributed by atoms with Crippen LogP contribution in [0, 0.1) is 6.92 Å². The highest BCUT2D eigenvalue weighted by Gasteiger charge is 2.29. The van der Waals surface area contributed by atoms with Gasteiger partial charge in [0.2, 0.25) is 0 Å². The van der Waals surface area contributed by atoms with Gasteiger partial charge < -0.3 is 9.80 Å². The molecule has 1 aliphatic rings. The molecule has 0 N–H and O–H groups in total. The number of hydrogen-bond acceptors (Lipinski definition) is 4. The van der Waals surface area contributed by atoms with Crippen LogP contribution in [0.15, 0.2) is 36.7 Å². The zero-order chi connectivity index (χ0) is 14.8. The van der Waals surface area contributed by atoms with Crippen LogP contribution in [0.3, 0.4) is 0 Å². The van der Waals surface area contributed by atoms with Gasteiger partial charge in [-0.1, -0.05) is 41.9 Å². The van der Waals surface area contributed by atoms with Crippen molar-refractivity contribution in [2.75, 3.05) is 31.6 Å². The van der Waals surface area contributed by atoms with E-state index in [9.17, 15) is 0 Å². The Balaban J connectivity index is 2.00. The number of piperazine rings is 1. The van der Waals surface area contributed by atoms with Crippen LogP contribution in [-0.4, -0.2) is 41.5 Å². The maximum atomic E-state index is 6.17. The lowest BCUT2D eigenvalue weighted by molar-refractivity contribution is 0.268. The number of likely N-dealkylation sites (N-methyl/N-ethyl adjacent to an activating group) is 1. The lowest BCUT2D eigenvalue weighted by Crippen LogP contribution is -2.47. The molecule has 1 aliphatic heterocycles. The first-order valence-corrected chi connectivity index (χ1v) is 7.52. The van der Waals surface area contributed by atoms with Crippen molar-refractivity contribution in [3.8, 4) is 0 Å². The number of anilines is 1. The summed E-state index contributed by atoms with van der Waals surface area (Å²) in [7, 11) is 2.16. The Labute approximate surface area is 130 Å². The summed E-state index contributed by atoms with van der Waals surface area (Å²) in [6.07, 6.45) is 1.55. The van der Waals surface area contributed by atoms with Gasteiger partial charge in [0.05, 0.1) is 6.04 Å². The van der Waals surface area contributed by atoms with Crippen molar-refractivity contribution in [3.63, 3.8) is 0 Å². The lowest BCUT2D eigenvalue weighted by Gasteiger charge is -2.41. The second kappa shape index (κ2) is 6.00. The molecule has 0 amide bonds. The molecule has 0 bridgehead atoms. The topological polar surface area (TPSA) is 32.3 Å². The fraction of sp³-hybridized carbons (Fsp3) is 0.375. The summed E-state index contributed by atoms with van der Waals surface area (Å²) in [5.41, 5.74) is 2.25. The van der Waals surface area contributed by atoms with Crippen LogP contribution in [0.5, 0.6) is 0 Å². The van der Waals surface area contributed by atoms with E-state index in [1.54, 1.807) is 6.33 Å². The minimum absolute atomic E-state index is 0.287. The van der Waals surface area contributed by atoms with Gasteiger partial charge in [0.15, 0.2) is 0 Å². The maximum Gasteiger partial charge on any atom is 0.137 e. The average Bonchev–Trinajstić information content (AvgIpc) is 2.51. The third-order valence-electron chi connectivity index (χ3n) is 4.04. The van der Waals surface area contributed by atoms with Crippen LogP contribution < -0.4 is 4.90 Å². The minimum Gasteiger partial charge on any atom is -0.347 e. The SMILES string of the molecule is Cc1c(Cl)ncnc1N1CCN(C)CC1c1ccccc1. The number of hydrogen-bond donors (Lipinski definition) is 0. The van der Waals surface area contributed by atoms with Crippen LogP contribution in [0.2, 0.25) is 5.15 Å². The van der Waals surface area contributed by atoms with Crippen LogP contribution in [-0.2, 0) is 0 Å². The summed E-state index contributed by atoms with van der Waals surface area (Å²) in [5.74, 6) is 0.942. The van der Waals surface area contributed by atoms with Gasteiger partial charge in [0.25, 0.3) is 0 Å². The van der Waals surface area contributed by atoms with Gasteiger partial charge in [-0.2, -0.15) is 0 Å². The number of halogens is 1. The Kier molecular flexibility index (Phi) is 4.08. The summed E-state index contributed by atoms with van der Waals surface area (Å²) in [5, 5.41) is 0.533. The molecule has 1 aromatic carbocycles. The monoisotopic (exact) mass is 302 g/mol. The molecule has 21 heavy (non-hydrogen) atoms. The van der Waals surface area contributed by atoms with Gasteiger partial charge in [-0.25, -0.2) is 9.97 Å². The molecule has 0 spiro atoms. The van der Waals surface area contributed by atoms with E-state index in [1.807, 2.05) is 13.0 Å². The van der Waals surface area contributed by atoms with Crippen LogP contribution >= 0.6 is 11.6 Å². The minimum atomic E-state index is 0.287. The lowest BCUT2D eigenvalue weighted by atomic mass is 10.0. The predicted molar refractivity (Wildman–Crippen MR) is 85.8 cm³/mol.